The van der Waals surface area contributed by atoms with Gasteiger partial charge >= 0.3 is 0 Å². The monoisotopic (exact) mass is 328 g/mol. The van der Waals surface area contributed by atoms with E-state index in [0.29, 0.717) is 6.04 Å². The van der Waals surface area contributed by atoms with Crippen molar-refractivity contribution in [3.05, 3.63) is 46.7 Å². The molecule has 120 valence electrons. The minimum atomic E-state index is 0.378. The van der Waals surface area contributed by atoms with E-state index in [1.165, 1.54) is 0 Å². The summed E-state index contributed by atoms with van der Waals surface area (Å²) in [4.78, 5) is 4.72. The molecule has 0 spiro atoms. The maximum atomic E-state index is 6.01. The number of aryl methyl sites for hydroxylation is 2. The van der Waals surface area contributed by atoms with Crippen LogP contribution in [0, 0.1) is 13.8 Å². The van der Waals surface area contributed by atoms with Gasteiger partial charge in [-0.2, -0.15) is 9.61 Å². The Bertz CT molecular complexity index is 836. The number of rotatable bonds is 4. The van der Waals surface area contributed by atoms with Crippen LogP contribution in [-0.2, 0) is 0 Å². The Hall–Kier alpha value is -2.07. The van der Waals surface area contributed by atoms with Crippen molar-refractivity contribution in [3.8, 4) is 11.1 Å². The van der Waals surface area contributed by atoms with Crippen LogP contribution in [0.4, 0.5) is 5.82 Å². The van der Waals surface area contributed by atoms with E-state index in [0.717, 1.165) is 45.4 Å². The van der Waals surface area contributed by atoms with E-state index in [1.807, 2.05) is 48.7 Å². The first-order chi connectivity index (χ1) is 11.0. The van der Waals surface area contributed by atoms with Crippen molar-refractivity contribution < 1.29 is 0 Å². The Kier molecular flexibility index (Phi) is 4.26. The van der Waals surface area contributed by atoms with Gasteiger partial charge in [0.2, 0.25) is 0 Å². The molecule has 0 saturated heterocycles. The summed E-state index contributed by atoms with van der Waals surface area (Å²) in [5.74, 6) is 0.977. The van der Waals surface area contributed by atoms with Gasteiger partial charge in [0.05, 0.1) is 5.69 Å². The fourth-order valence-corrected chi connectivity index (χ4v) is 2.78. The number of halogens is 1. The first kappa shape index (κ1) is 15.8. The van der Waals surface area contributed by atoms with Crippen molar-refractivity contribution in [1.29, 1.82) is 0 Å². The van der Waals surface area contributed by atoms with Gasteiger partial charge in [-0.1, -0.05) is 30.7 Å². The largest absolute Gasteiger partial charge is 0.367 e. The highest BCUT2D eigenvalue weighted by Gasteiger charge is 2.16. The average Bonchev–Trinajstić information content (AvgIpc) is 2.84. The van der Waals surface area contributed by atoms with E-state index in [9.17, 15) is 0 Å². The Morgan fingerprint density at radius 1 is 1.22 bits per heavy atom. The third kappa shape index (κ3) is 3.04. The predicted molar refractivity (Wildman–Crippen MR) is 96.3 cm³/mol. The van der Waals surface area contributed by atoms with Crippen LogP contribution in [0.5, 0.6) is 0 Å². The van der Waals surface area contributed by atoms with Gasteiger partial charge < -0.3 is 5.32 Å². The highest BCUT2D eigenvalue weighted by Crippen LogP contribution is 2.30. The van der Waals surface area contributed by atoms with Crippen LogP contribution in [0.15, 0.2) is 30.3 Å². The molecular weight excluding hydrogens is 308 g/mol. The van der Waals surface area contributed by atoms with Gasteiger partial charge in [-0.25, -0.2) is 4.98 Å². The van der Waals surface area contributed by atoms with Crippen molar-refractivity contribution in [3.63, 3.8) is 0 Å². The van der Waals surface area contributed by atoms with Gasteiger partial charge in [-0.15, -0.1) is 0 Å². The fourth-order valence-electron chi connectivity index (χ4n) is 2.66. The Morgan fingerprint density at radius 3 is 2.57 bits per heavy atom. The number of hydrogen-bond donors (Lipinski definition) is 1. The molecule has 1 atom stereocenters. The zero-order valence-corrected chi connectivity index (χ0v) is 14.6. The molecule has 0 aliphatic heterocycles. The molecule has 1 N–H and O–H groups in total. The molecule has 0 aliphatic rings. The standard InChI is InChI=1S/C18H21ClN4/c1-5-11(2)20-16-10-12(3)21-18-17(13(4)22-23(16)18)14-6-8-15(19)9-7-14/h6-11,20H,5H2,1-4H3/t11-/m1/s1. The number of aromatic nitrogens is 3. The van der Waals surface area contributed by atoms with Crippen molar-refractivity contribution in [2.75, 3.05) is 5.32 Å². The molecule has 0 amide bonds. The highest BCUT2D eigenvalue weighted by molar-refractivity contribution is 6.30. The molecule has 0 radical (unpaired) electrons. The molecule has 0 unspecified atom stereocenters. The van der Waals surface area contributed by atoms with Crippen LogP contribution in [0.2, 0.25) is 5.02 Å². The van der Waals surface area contributed by atoms with Gasteiger partial charge in [-0.05, 0) is 44.9 Å². The maximum Gasteiger partial charge on any atom is 0.165 e. The van der Waals surface area contributed by atoms with Gasteiger partial charge in [0.15, 0.2) is 5.65 Å². The van der Waals surface area contributed by atoms with Crippen LogP contribution in [0.1, 0.15) is 31.7 Å². The molecule has 2 heterocycles. The smallest absolute Gasteiger partial charge is 0.165 e. The van der Waals surface area contributed by atoms with Crippen molar-refractivity contribution in [1.82, 2.24) is 14.6 Å². The topological polar surface area (TPSA) is 42.2 Å². The van der Waals surface area contributed by atoms with Crippen LogP contribution in [-0.4, -0.2) is 20.6 Å². The van der Waals surface area contributed by atoms with E-state index in [2.05, 4.69) is 19.2 Å². The molecule has 0 bridgehead atoms. The number of nitrogens with one attached hydrogen (secondary N) is 1. The van der Waals surface area contributed by atoms with Gasteiger partial charge in [0.25, 0.3) is 0 Å². The zero-order valence-electron chi connectivity index (χ0n) is 13.9. The summed E-state index contributed by atoms with van der Waals surface area (Å²) in [6.45, 7) is 8.35. The van der Waals surface area contributed by atoms with E-state index in [-0.39, 0.29) is 0 Å². The summed E-state index contributed by atoms with van der Waals surface area (Å²) < 4.78 is 1.90. The predicted octanol–water partition coefficient (Wildman–Crippen LogP) is 4.88. The number of nitrogens with zero attached hydrogens (tertiary/aromatic N) is 3. The lowest BCUT2D eigenvalue weighted by Gasteiger charge is -2.14. The summed E-state index contributed by atoms with van der Waals surface area (Å²) in [7, 11) is 0. The maximum absolute atomic E-state index is 6.01. The Morgan fingerprint density at radius 2 is 1.91 bits per heavy atom. The second-order valence-corrected chi connectivity index (χ2v) is 6.38. The average molecular weight is 329 g/mol. The zero-order chi connectivity index (χ0) is 16.6. The molecule has 3 rings (SSSR count). The second kappa shape index (κ2) is 6.20. The van der Waals surface area contributed by atoms with E-state index in [4.69, 9.17) is 21.7 Å². The summed E-state index contributed by atoms with van der Waals surface area (Å²) in [6.07, 6.45) is 1.05. The molecule has 4 nitrogen and oxygen atoms in total. The lowest BCUT2D eigenvalue weighted by atomic mass is 10.1. The number of hydrogen-bond acceptors (Lipinski definition) is 3. The van der Waals surface area contributed by atoms with E-state index in [1.54, 1.807) is 0 Å². The number of fused-ring (bicyclic) bond motifs is 1. The quantitative estimate of drug-likeness (QED) is 0.742. The first-order valence-corrected chi connectivity index (χ1v) is 8.27. The molecule has 1 aromatic carbocycles. The second-order valence-electron chi connectivity index (χ2n) is 5.94. The SMILES string of the molecule is CC[C@@H](C)Nc1cc(C)nc2c(-c3ccc(Cl)cc3)c(C)nn12. The normalized spacial score (nSPS) is 12.6. The van der Waals surface area contributed by atoms with Crippen molar-refractivity contribution >= 4 is 23.1 Å². The lowest BCUT2D eigenvalue weighted by Crippen LogP contribution is -2.16. The molecule has 0 saturated carbocycles. The lowest BCUT2D eigenvalue weighted by molar-refractivity contribution is 0.747. The van der Waals surface area contributed by atoms with Crippen LogP contribution >= 0.6 is 11.6 Å². The van der Waals surface area contributed by atoms with E-state index < -0.39 is 0 Å². The Balaban J connectivity index is 2.20. The molecule has 23 heavy (non-hydrogen) atoms. The van der Waals surface area contributed by atoms with E-state index >= 15 is 0 Å². The highest BCUT2D eigenvalue weighted by atomic mass is 35.5. The van der Waals surface area contributed by atoms with Crippen molar-refractivity contribution in [2.24, 2.45) is 0 Å². The molecular formula is C18H21ClN4. The van der Waals surface area contributed by atoms with Gasteiger partial charge in [0.1, 0.15) is 5.82 Å². The summed E-state index contributed by atoms with van der Waals surface area (Å²) in [5, 5.41) is 8.94. The molecule has 5 heteroatoms. The first-order valence-electron chi connectivity index (χ1n) is 7.89. The fraction of sp³-hybridized carbons (Fsp3) is 0.333. The third-order valence-corrected chi connectivity index (χ3v) is 4.28. The minimum Gasteiger partial charge on any atom is -0.367 e. The summed E-state index contributed by atoms with van der Waals surface area (Å²) >= 11 is 6.01. The van der Waals surface area contributed by atoms with Gasteiger partial charge in [-0.3, -0.25) is 0 Å². The summed E-state index contributed by atoms with van der Waals surface area (Å²) in [5.41, 5.74) is 4.93. The molecule has 0 aliphatic carbocycles. The molecule has 2 aromatic heterocycles. The minimum absolute atomic E-state index is 0.378. The Labute approximate surface area is 141 Å². The third-order valence-electron chi connectivity index (χ3n) is 4.03. The van der Waals surface area contributed by atoms with Crippen LogP contribution < -0.4 is 5.32 Å². The van der Waals surface area contributed by atoms with Crippen molar-refractivity contribution in [2.45, 2.75) is 40.2 Å². The number of benzene rings is 1. The summed E-state index contributed by atoms with van der Waals surface area (Å²) in [6, 6.07) is 10.2. The molecule has 0 fully saturated rings. The van der Waals surface area contributed by atoms with Crippen LogP contribution in [0.3, 0.4) is 0 Å². The molecule has 3 aromatic rings. The number of anilines is 1. The van der Waals surface area contributed by atoms with Gasteiger partial charge in [0, 0.05) is 28.4 Å². The van der Waals surface area contributed by atoms with Crippen LogP contribution in [0.25, 0.3) is 16.8 Å².